The second kappa shape index (κ2) is 2.76. The van der Waals surface area contributed by atoms with E-state index < -0.39 is 0 Å². The highest BCUT2D eigenvalue weighted by Gasteiger charge is 2.19. The van der Waals surface area contributed by atoms with Crippen LogP contribution in [0.15, 0.2) is 48.8 Å². The van der Waals surface area contributed by atoms with Crippen molar-refractivity contribution < 1.29 is 0 Å². The van der Waals surface area contributed by atoms with Crippen LogP contribution < -0.4 is 0 Å². The lowest BCUT2D eigenvalue weighted by molar-refractivity contribution is 1.25. The molecule has 0 atom stereocenters. The Labute approximate surface area is 93.7 Å². The van der Waals surface area contributed by atoms with Crippen LogP contribution in [-0.2, 0) is 6.42 Å². The molecule has 1 aromatic heterocycles. The van der Waals surface area contributed by atoms with E-state index in [0.29, 0.717) is 0 Å². The highest BCUT2D eigenvalue weighted by Crippen LogP contribution is 2.38. The molecule has 0 spiro atoms. The van der Waals surface area contributed by atoms with Gasteiger partial charge in [-0.05, 0) is 33.5 Å². The Morgan fingerprint density at radius 3 is 2.50 bits per heavy atom. The molecule has 0 bridgehead atoms. The topological polar surface area (TPSA) is 15.8 Å². The van der Waals surface area contributed by atoms with E-state index in [0.717, 1.165) is 6.42 Å². The Kier molecular flexibility index (Phi) is 1.41. The standard InChI is InChI=1S/C15H11N/c1-2-4-11-7-14-12(5-10(11)3-1)6-13-8-16-9-15(13)14/h1-5,7-9,16H,6H2. The SMILES string of the molecule is c1ccc2cc3c(cc2c1)Cc1c[nH]cc1-3. The van der Waals surface area contributed by atoms with Gasteiger partial charge in [0, 0.05) is 24.4 Å². The summed E-state index contributed by atoms with van der Waals surface area (Å²) in [6.07, 6.45) is 5.29. The van der Waals surface area contributed by atoms with Gasteiger partial charge in [-0.2, -0.15) is 0 Å². The number of hydrogen-bond donors (Lipinski definition) is 1. The minimum Gasteiger partial charge on any atom is -0.367 e. The van der Waals surface area contributed by atoms with Crippen LogP contribution in [-0.4, -0.2) is 4.98 Å². The fourth-order valence-corrected chi connectivity index (χ4v) is 2.68. The number of H-pyrrole nitrogens is 1. The maximum Gasteiger partial charge on any atom is 0.00872 e. The maximum atomic E-state index is 3.19. The molecule has 1 N–H and O–H groups in total. The number of rotatable bonds is 0. The predicted octanol–water partition coefficient (Wildman–Crippen LogP) is 3.74. The normalized spacial score (nSPS) is 12.8. The Bertz CT molecular complexity index is 691. The smallest absolute Gasteiger partial charge is 0.00872 e. The lowest BCUT2D eigenvalue weighted by Crippen LogP contribution is -1.82. The van der Waals surface area contributed by atoms with Crippen LogP contribution >= 0.6 is 0 Å². The third kappa shape index (κ3) is 0.951. The molecular formula is C15H11N. The highest BCUT2D eigenvalue weighted by molar-refractivity contribution is 5.91. The Morgan fingerprint density at radius 1 is 0.812 bits per heavy atom. The van der Waals surface area contributed by atoms with Gasteiger partial charge in [0.15, 0.2) is 0 Å². The van der Waals surface area contributed by atoms with Gasteiger partial charge in [0.2, 0.25) is 0 Å². The highest BCUT2D eigenvalue weighted by atomic mass is 14.6. The summed E-state index contributed by atoms with van der Waals surface area (Å²) < 4.78 is 0. The first-order valence-corrected chi connectivity index (χ1v) is 5.59. The molecule has 1 heteroatoms. The van der Waals surface area contributed by atoms with E-state index in [-0.39, 0.29) is 0 Å². The molecule has 1 aliphatic rings. The third-order valence-corrected chi connectivity index (χ3v) is 3.47. The number of aromatic amines is 1. The van der Waals surface area contributed by atoms with Crippen molar-refractivity contribution in [2.45, 2.75) is 6.42 Å². The molecule has 1 aliphatic carbocycles. The maximum absolute atomic E-state index is 3.19. The summed E-state index contributed by atoms with van der Waals surface area (Å²) in [4.78, 5) is 3.19. The number of nitrogens with one attached hydrogen (secondary N) is 1. The Balaban J connectivity index is 2.10. The van der Waals surface area contributed by atoms with Crippen LogP contribution in [0.4, 0.5) is 0 Å². The van der Waals surface area contributed by atoms with Crippen molar-refractivity contribution in [3.8, 4) is 11.1 Å². The summed E-state index contributed by atoms with van der Waals surface area (Å²) in [6.45, 7) is 0. The first kappa shape index (κ1) is 8.17. The van der Waals surface area contributed by atoms with Crippen LogP contribution in [0.5, 0.6) is 0 Å². The van der Waals surface area contributed by atoms with Gasteiger partial charge in [0.25, 0.3) is 0 Å². The van der Waals surface area contributed by atoms with Gasteiger partial charge in [-0.3, -0.25) is 0 Å². The Morgan fingerprint density at radius 2 is 1.62 bits per heavy atom. The largest absolute Gasteiger partial charge is 0.367 e. The van der Waals surface area contributed by atoms with Gasteiger partial charge in [-0.1, -0.05) is 30.3 Å². The molecule has 0 saturated carbocycles. The lowest BCUT2D eigenvalue weighted by Gasteiger charge is -2.03. The van der Waals surface area contributed by atoms with Crippen molar-refractivity contribution in [1.29, 1.82) is 0 Å². The van der Waals surface area contributed by atoms with E-state index in [1.54, 1.807) is 0 Å². The number of fused-ring (bicyclic) bond motifs is 4. The summed E-state index contributed by atoms with van der Waals surface area (Å²) >= 11 is 0. The van der Waals surface area contributed by atoms with Gasteiger partial charge >= 0.3 is 0 Å². The molecule has 0 aliphatic heterocycles. The third-order valence-electron chi connectivity index (χ3n) is 3.47. The monoisotopic (exact) mass is 205 g/mol. The van der Waals surface area contributed by atoms with Crippen LogP contribution in [0.1, 0.15) is 11.1 Å². The van der Waals surface area contributed by atoms with E-state index in [1.807, 2.05) is 0 Å². The van der Waals surface area contributed by atoms with Crippen molar-refractivity contribution in [1.82, 2.24) is 4.98 Å². The molecule has 1 heterocycles. The minimum atomic E-state index is 1.07. The molecule has 76 valence electrons. The molecule has 0 unspecified atom stereocenters. The quantitative estimate of drug-likeness (QED) is 0.450. The summed E-state index contributed by atoms with van der Waals surface area (Å²) in [7, 11) is 0. The van der Waals surface area contributed by atoms with Crippen molar-refractivity contribution in [2.75, 3.05) is 0 Å². The Hall–Kier alpha value is -2.02. The van der Waals surface area contributed by atoms with Crippen molar-refractivity contribution >= 4 is 10.8 Å². The first-order chi connectivity index (χ1) is 7.92. The molecule has 3 aromatic rings. The predicted molar refractivity (Wildman–Crippen MR) is 66.5 cm³/mol. The van der Waals surface area contributed by atoms with E-state index in [1.165, 1.54) is 33.0 Å². The van der Waals surface area contributed by atoms with Crippen LogP contribution in [0.2, 0.25) is 0 Å². The van der Waals surface area contributed by atoms with Crippen molar-refractivity contribution in [2.24, 2.45) is 0 Å². The van der Waals surface area contributed by atoms with Gasteiger partial charge in [-0.25, -0.2) is 0 Å². The average Bonchev–Trinajstić information content (AvgIpc) is 2.86. The van der Waals surface area contributed by atoms with Crippen LogP contribution in [0.25, 0.3) is 21.9 Å². The fraction of sp³-hybridized carbons (Fsp3) is 0.0667. The van der Waals surface area contributed by atoms with Gasteiger partial charge in [0.1, 0.15) is 0 Å². The molecule has 1 nitrogen and oxygen atoms in total. The number of aromatic nitrogens is 1. The lowest BCUT2D eigenvalue weighted by atomic mass is 10.0. The van der Waals surface area contributed by atoms with Gasteiger partial charge in [-0.15, -0.1) is 0 Å². The second-order valence-corrected chi connectivity index (χ2v) is 4.43. The van der Waals surface area contributed by atoms with Crippen LogP contribution in [0, 0.1) is 0 Å². The molecule has 4 rings (SSSR count). The van der Waals surface area contributed by atoms with Gasteiger partial charge < -0.3 is 4.98 Å². The van der Waals surface area contributed by atoms with Crippen molar-refractivity contribution in [3.63, 3.8) is 0 Å². The van der Waals surface area contributed by atoms with Crippen molar-refractivity contribution in [3.05, 3.63) is 59.9 Å². The van der Waals surface area contributed by atoms with Crippen LogP contribution in [0.3, 0.4) is 0 Å². The zero-order chi connectivity index (χ0) is 10.5. The molecule has 2 aromatic carbocycles. The first-order valence-electron chi connectivity index (χ1n) is 5.59. The van der Waals surface area contributed by atoms with E-state index in [4.69, 9.17) is 0 Å². The zero-order valence-corrected chi connectivity index (χ0v) is 8.83. The average molecular weight is 205 g/mol. The molecule has 0 fully saturated rings. The molecule has 16 heavy (non-hydrogen) atoms. The fourth-order valence-electron chi connectivity index (χ4n) is 2.68. The number of hydrogen-bond acceptors (Lipinski definition) is 0. The molecule has 0 saturated heterocycles. The van der Waals surface area contributed by atoms with E-state index in [9.17, 15) is 0 Å². The summed E-state index contributed by atoms with van der Waals surface area (Å²) in [5.74, 6) is 0. The van der Waals surface area contributed by atoms with E-state index >= 15 is 0 Å². The number of benzene rings is 2. The second-order valence-electron chi connectivity index (χ2n) is 4.43. The molecule has 0 radical (unpaired) electrons. The summed E-state index contributed by atoms with van der Waals surface area (Å²) in [5, 5.41) is 2.67. The minimum absolute atomic E-state index is 1.07. The molecular weight excluding hydrogens is 194 g/mol. The van der Waals surface area contributed by atoms with E-state index in [2.05, 4.69) is 53.8 Å². The molecule has 0 amide bonds. The summed E-state index contributed by atoms with van der Waals surface area (Å²) in [5.41, 5.74) is 5.65. The zero-order valence-electron chi connectivity index (χ0n) is 8.83. The summed E-state index contributed by atoms with van der Waals surface area (Å²) in [6, 6.07) is 13.2. The van der Waals surface area contributed by atoms with Gasteiger partial charge in [0.05, 0.1) is 0 Å².